The van der Waals surface area contributed by atoms with Crippen molar-refractivity contribution in [3.63, 3.8) is 0 Å². The Labute approximate surface area is 108 Å². The van der Waals surface area contributed by atoms with Crippen LogP contribution in [0.25, 0.3) is 0 Å². The van der Waals surface area contributed by atoms with Crippen LogP contribution in [0.2, 0.25) is 0 Å². The Bertz CT molecular complexity index is 345. The Kier molecular flexibility index (Phi) is 6.22. The fraction of sp³-hybridized carbons (Fsp3) is 0.615. The van der Waals surface area contributed by atoms with Crippen LogP contribution in [-0.4, -0.2) is 18.5 Å². The molecule has 17 heavy (non-hydrogen) atoms. The molecular weight excluding hydrogens is 232 g/mol. The van der Waals surface area contributed by atoms with Crippen molar-refractivity contribution >= 4 is 17.2 Å². The summed E-state index contributed by atoms with van der Waals surface area (Å²) in [4.78, 5) is 11.6. The Morgan fingerprint density at radius 1 is 1.35 bits per heavy atom. The van der Waals surface area contributed by atoms with Gasteiger partial charge in [0.25, 0.3) is 0 Å². The number of thiophene rings is 1. The summed E-state index contributed by atoms with van der Waals surface area (Å²) in [7, 11) is 0. The van der Waals surface area contributed by atoms with E-state index in [1.807, 2.05) is 0 Å². The van der Waals surface area contributed by atoms with Crippen LogP contribution in [0.1, 0.15) is 37.8 Å². The molecular formula is C13H22N2OS. The van der Waals surface area contributed by atoms with E-state index >= 15 is 0 Å². The average Bonchev–Trinajstić information content (AvgIpc) is 2.72. The van der Waals surface area contributed by atoms with Gasteiger partial charge in [-0.15, -0.1) is 0 Å². The molecule has 0 bridgehead atoms. The minimum absolute atomic E-state index is 0.0894. The first-order chi connectivity index (χ1) is 8.17. The quantitative estimate of drug-likeness (QED) is 0.785. The van der Waals surface area contributed by atoms with Crippen molar-refractivity contribution in [2.75, 3.05) is 6.54 Å². The second-order valence-corrected chi connectivity index (χ2v) is 5.01. The number of aryl methyl sites for hydroxylation is 1. The van der Waals surface area contributed by atoms with Gasteiger partial charge in [-0.25, -0.2) is 0 Å². The summed E-state index contributed by atoms with van der Waals surface area (Å²) in [6.45, 7) is 7.45. The van der Waals surface area contributed by atoms with Crippen molar-refractivity contribution in [1.29, 1.82) is 0 Å². The maximum atomic E-state index is 11.6. The van der Waals surface area contributed by atoms with Crippen LogP contribution in [-0.2, 0) is 11.3 Å². The highest BCUT2D eigenvalue weighted by Crippen LogP contribution is 2.12. The molecule has 0 saturated carbocycles. The molecule has 1 aromatic heterocycles. The van der Waals surface area contributed by atoms with Gasteiger partial charge >= 0.3 is 0 Å². The molecule has 96 valence electrons. The van der Waals surface area contributed by atoms with Gasteiger partial charge in [-0.2, -0.15) is 11.3 Å². The van der Waals surface area contributed by atoms with Gasteiger partial charge in [0, 0.05) is 12.6 Å². The van der Waals surface area contributed by atoms with Gasteiger partial charge in [-0.1, -0.05) is 13.8 Å². The maximum Gasteiger partial charge on any atom is 0.234 e. The molecule has 4 heteroatoms. The van der Waals surface area contributed by atoms with Crippen molar-refractivity contribution in [1.82, 2.24) is 10.6 Å². The zero-order chi connectivity index (χ0) is 12.7. The Balaban J connectivity index is 2.22. The smallest absolute Gasteiger partial charge is 0.234 e. The van der Waals surface area contributed by atoms with E-state index in [0.717, 1.165) is 19.4 Å². The third kappa shape index (κ3) is 4.88. The number of hydrogen-bond donors (Lipinski definition) is 2. The number of carbonyl (C=O) groups excluding carboxylic acids is 1. The Hall–Kier alpha value is -0.870. The number of rotatable bonds is 7. The van der Waals surface area contributed by atoms with Crippen molar-refractivity contribution < 1.29 is 4.79 Å². The highest BCUT2D eigenvalue weighted by Gasteiger charge is 2.07. The van der Waals surface area contributed by atoms with E-state index in [0.29, 0.717) is 12.6 Å². The van der Waals surface area contributed by atoms with Crippen LogP contribution in [0.3, 0.4) is 0 Å². The summed E-state index contributed by atoms with van der Waals surface area (Å²) in [5, 5.41) is 10.4. The van der Waals surface area contributed by atoms with Crippen LogP contribution in [0.5, 0.6) is 0 Å². The molecule has 0 aliphatic rings. The summed E-state index contributed by atoms with van der Waals surface area (Å²) in [6.07, 6.45) is 1.98. The van der Waals surface area contributed by atoms with Gasteiger partial charge in [0.2, 0.25) is 5.91 Å². The first-order valence-corrected chi connectivity index (χ1v) is 7.13. The Morgan fingerprint density at radius 2 is 2.06 bits per heavy atom. The van der Waals surface area contributed by atoms with E-state index in [2.05, 4.69) is 42.2 Å². The zero-order valence-electron chi connectivity index (χ0n) is 10.9. The fourth-order valence-corrected chi connectivity index (χ4v) is 2.51. The summed E-state index contributed by atoms with van der Waals surface area (Å²) in [5.74, 6) is 0.0894. The second kappa shape index (κ2) is 7.45. The summed E-state index contributed by atoms with van der Waals surface area (Å²) < 4.78 is 0. The number of hydrogen-bond acceptors (Lipinski definition) is 3. The van der Waals surface area contributed by atoms with Crippen LogP contribution >= 0.6 is 11.3 Å². The third-order valence-corrected chi connectivity index (χ3v) is 3.82. The predicted octanol–water partition coefficient (Wildman–Crippen LogP) is 2.45. The topological polar surface area (TPSA) is 41.1 Å². The molecule has 0 aromatic carbocycles. The van der Waals surface area contributed by atoms with Gasteiger partial charge in [0.1, 0.15) is 0 Å². The van der Waals surface area contributed by atoms with Crippen LogP contribution in [0.15, 0.2) is 10.8 Å². The highest BCUT2D eigenvalue weighted by molar-refractivity contribution is 7.08. The number of carbonyl (C=O) groups is 1. The van der Waals surface area contributed by atoms with Gasteiger partial charge in [-0.3, -0.25) is 4.79 Å². The molecule has 2 N–H and O–H groups in total. The number of amides is 1. The molecule has 0 spiro atoms. The highest BCUT2D eigenvalue weighted by atomic mass is 32.1. The lowest BCUT2D eigenvalue weighted by molar-refractivity contribution is -0.121. The zero-order valence-corrected chi connectivity index (χ0v) is 11.7. The molecule has 0 unspecified atom stereocenters. The summed E-state index contributed by atoms with van der Waals surface area (Å²) in [5.41, 5.74) is 2.58. The number of nitrogens with one attached hydrogen (secondary N) is 2. The van der Waals surface area contributed by atoms with E-state index < -0.39 is 0 Å². The minimum Gasteiger partial charge on any atom is -0.352 e. The molecule has 0 aliphatic heterocycles. The van der Waals surface area contributed by atoms with Crippen molar-refractivity contribution in [2.45, 2.75) is 46.2 Å². The molecule has 3 nitrogen and oxygen atoms in total. The molecule has 1 heterocycles. The van der Waals surface area contributed by atoms with Crippen molar-refractivity contribution in [2.24, 2.45) is 0 Å². The first-order valence-electron chi connectivity index (χ1n) is 6.19. The van der Waals surface area contributed by atoms with Crippen LogP contribution < -0.4 is 10.6 Å². The predicted molar refractivity (Wildman–Crippen MR) is 73.3 cm³/mol. The van der Waals surface area contributed by atoms with E-state index in [9.17, 15) is 4.79 Å². The third-order valence-electron chi connectivity index (χ3n) is 2.91. The van der Waals surface area contributed by atoms with Gasteiger partial charge in [0.15, 0.2) is 0 Å². The van der Waals surface area contributed by atoms with E-state index in [4.69, 9.17) is 0 Å². The molecule has 0 radical (unpaired) electrons. The SMILES string of the molecule is CCC(CC)NC(=O)CNCc1cscc1C. The minimum atomic E-state index is 0.0894. The summed E-state index contributed by atoms with van der Waals surface area (Å²) >= 11 is 1.70. The molecule has 1 aromatic rings. The lowest BCUT2D eigenvalue weighted by Crippen LogP contribution is -2.39. The Morgan fingerprint density at radius 3 is 2.59 bits per heavy atom. The fourth-order valence-electron chi connectivity index (χ4n) is 1.65. The second-order valence-electron chi connectivity index (χ2n) is 4.26. The first kappa shape index (κ1) is 14.2. The monoisotopic (exact) mass is 254 g/mol. The van der Waals surface area contributed by atoms with E-state index in [1.54, 1.807) is 11.3 Å². The molecule has 0 atom stereocenters. The van der Waals surface area contributed by atoms with Crippen molar-refractivity contribution in [3.8, 4) is 0 Å². The van der Waals surface area contributed by atoms with Gasteiger partial charge in [-0.05, 0) is 41.7 Å². The molecule has 0 fully saturated rings. The average molecular weight is 254 g/mol. The maximum absolute atomic E-state index is 11.6. The van der Waals surface area contributed by atoms with Gasteiger partial charge in [0.05, 0.1) is 6.54 Å². The van der Waals surface area contributed by atoms with Gasteiger partial charge < -0.3 is 10.6 Å². The largest absolute Gasteiger partial charge is 0.352 e. The van der Waals surface area contributed by atoms with E-state index in [1.165, 1.54) is 11.1 Å². The lowest BCUT2D eigenvalue weighted by atomic mass is 10.2. The summed E-state index contributed by atoms with van der Waals surface area (Å²) in [6, 6.07) is 0.312. The van der Waals surface area contributed by atoms with Crippen molar-refractivity contribution in [3.05, 3.63) is 21.9 Å². The molecule has 1 rings (SSSR count). The molecule has 0 aliphatic carbocycles. The van der Waals surface area contributed by atoms with Crippen LogP contribution in [0, 0.1) is 6.92 Å². The van der Waals surface area contributed by atoms with Crippen LogP contribution in [0.4, 0.5) is 0 Å². The van der Waals surface area contributed by atoms with E-state index in [-0.39, 0.29) is 5.91 Å². The standard InChI is InChI=1S/C13H22N2OS/c1-4-12(5-2)15-13(16)7-14-6-11-9-17-8-10(11)3/h8-9,12,14H,4-7H2,1-3H3,(H,15,16). The molecule has 0 saturated heterocycles. The lowest BCUT2D eigenvalue weighted by Gasteiger charge is -2.14. The molecule has 1 amide bonds. The normalized spacial score (nSPS) is 10.8.